The van der Waals surface area contributed by atoms with Crippen molar-refractivity contribution in [2.45, 2.75) is 26.2 Å². The molecule has 0 bridgehead atoms. The lowest BCUT2D eigenvalue weighted by Gasteiger charge is -2.16. The number of carboxylic acid groups (broad SMARTS) is 1. The zero-order chi connectivity index (χ0) is 13.8. The van der Waals surface area contributed by atoms with Crippen molar-refractivity contribution in [1.82, 2.24) is 4.98 Å². The number of ether oxygens (including phenoxy) is 1. The number of nitrogens with zero attached hydrogens (tertiary/aromatic N) is 1. The SMILES string of the molecule is CCOC(=O)c1coc(C2=CCC(C(=O)O)CC2)n1. The molecular weight excluding hydrogens is 250 g/mol. The molecule has 1 aromatic heterocycles. The van der Waals surface area contributed by atoms with Crippen LogP contribution in [-0.4, -0.2) is 28.6 Å². The quantitative estimate of drug-likeness (QED) is 0.838. The average Bonchev–Trinajstić information content (AvgIpc) is 2.89. The summed E-state index contributed by atoms with van der Waals surface area (Å²) < 4.78 is 10.1. The van der Waals surface area contributed by atoms with Crippen molar-refractivity contribution in [1.29, 1.82) is 0 Å². The molecule has 102 valence electrons. The Labute approximate surface area is 110 Å². The summed E-state index contributed by atoms with van der Waals surface area (Å²) in [5, 5.41) is 8.90. The highest BCUT2D eigenvalue weighted by Gasteiger charge is 2.24. The summed E-state index contributed by atoms with van der Waals surface area (Å²) in [5.74, 6) is -1.28. The zero-order valence-corrected chi connectivity index (χ0v) is 10.6. The van der Waals surface area contributed by atoms with E-state index >= 15 is 0 Å². The molecule has 6 nitrogen and oxygen atoms in total. The molecule has 0 radical (unpaired) electrons. The number of hydrogen-bond donors (Lipinski definition) is 1. The van der Waals surface area contributed by atoms with Gasteiger partial charge in [0.25, 0.3) is 0 Å². The van der Waals surface area contributed by atoms with Crippen LogP contribution in [0.5, 0.6) is 0 Å². The molecule has 6 heteroatoms. The number of oxazole rings is 1. The summed E-state index contributed by atoms with van der Waals surface area (Å²) in [6, 6.07) is 0. The number of carbonyl (C=O) groups excluding carboxylic acids is 1. The lowest BCUT2D eigenvalue weighted by atomic mass is 9.90. The third-order valence-electron chi connectivity index (χ3n) is 3.02. The average molecular weight is 265 g/mol. The van der Waals surface area contributed by atoms with E-state index in [1.54, 1.807) is 6.92 Å². The molecule has 0 spiro atoms. The van der Waals surface area contributed by atoms with Crippen LogP contribution in [0, 0.1) is 5.92 Å². The summed E-state index contributed by atoms with van der Waals surface area (Å²) in [6.07, 6.45) is 4.67. The van der Waals surface area contributed by atoms with Crippen molar-refractivity contribution in [3.63, 3.8) is 0 Å². The van der Waals surface area contributed by atoms with Crippen LogP contribution in [0.1, 0.15) is 42.6 Å². The number of aromatic nitrogens is 1. The smallest absolute Gasteiger partial charge is 0.360 e. The number of carbonyl (C=O) groups is 2. The van der Waals surface area contributed by atoms with E-state index in [4.69, 9.17) is 14.3 Å². The molecule has 0 saturated heterocycles. The van der Waals surface area contributed by atoms with Crippen LogP contribution < -0.4 is 0 Å². The van der Waals surface area contributed by atoms with Gasteiger partial charge in [0.15, 0.2) is 5.69 Å². The largest absolute Gasteiger partial charge is 0.481 e. The van der Waals surface area contributed by atoms with Crippen LogP contribution in [-0.2, 0) is 9.53 Å². The topological polar surface area (TPSA) is 89.6 Å². The number of aliphatic carboxylic acids is 1. The highest BCUT2D eigenvalue weighted by atomic mass is 16.5. The second kappa shape index (κ2) is 5.69. The lowest BCUT2D eigenvalue weighted by Crippen LogP contribution is -2.15. The molecule has 0 fully saturated rings. The van der Waals surface area contributed by atoms with E-state index in [9.17, 15) is 9.59 Å². The van der Waals surface area contributed by atoms with Gasteiger partial charge >= 0.3 is 11.9 Å². The summed E-state index contributed by atoms with van der Waals surface area (Å²) in [4.78, 5) is 26.3. The van der Waals surface area contributed by atoms with E-state index in [1.165, 1.54) is 6.26 Å². The van der Waals surface area contributed by atoms with Crippen molar-refractivity contribution >= 4 is 17.5 Å². The number of rotatable bonds is 4. The Morgan fingerprint density at radius 3 is 2.95 bits per heavy atom. The second-order valence-electron chi connectivity index (χ2n) is 4.30. The highest BCUT2D eigenvalue weighted by Crippen LogP contribution is 2.29. The van der Waals surface area contributed by atoms with Crippen LogP contribution >= 0.6 is 0 Å². The highest BCUT2D eigenvalue weighted by molar-refractivity contribution is 5.87. The molecule has 19 heavy (non-hydrogen) atoms. The Morgan fingerprint density at radius 2 is 2.37 bits per heavy atom. The minimum absolute atomic E-state index is 0.137. The Kier molecular flexibility index (Phi) is 3.99. The Balaban J connectivity index is 2.07. The van der Waals surface area contributed by atoms with Crippen LogP contribution in [0.3, 0.4) is 0 Å². The molecule has 0 amide bonds. The van der Waals surface area contributed by atoms with Gasteiger partial charge in [0, 0.05) is 5.57 Å². The van der Waals surface area contributed by atoms with Gasteiger partial charge in [0.1, 0.15) is 6.26 Å². The van der Waals surface area contributed by atoms with Crippen molar-refractivity contribution in [2.75, 3.05) is 6.61 Å². The summed E-state index contributed by atoms with van der Waals surface area (Å²) in [6.45, 7) is 2.00. The molecule has 1 heterocycles. The predicted octanol–water partition coefficient (Wildman–Crippen LogP) is 2.12. The molecule has 2 rings (SSSR count). The lowest BCUT2D eigenvalue weighted by molar-refractivity contribution is -0.141. The number of allylic oxidation sites excluding steroid dienone is 2. The first kappa shape index (κ1) is 13.3. The predicted molar refractivity (Wildman–Crippen MR) is 65.4 cm³/mol. The Bertz CT molecular complexity index is 517. The first-order valence-corrected chi connectivity index (χ1v) is 6.16. The number of hydrogen-bond acceptors (Lipinski definition) is 5. The van der Waals surface area contributed by atoms with E-state index in [0.29, 0.717) is 25.2 Å². The maximum absolute atomic E-state index is 11.4. The summed E-state index contributed by atoms with van der Waals surface area (Å²) in [7, 11) is 0. The van der Waals surface area contributed by atoms with Crippen molar-refractivity contribution in [3.05, 3.63) is 23.9 Å². The molecule has 0 aliphatic heterocycles. The van der Waals surface area contributed by atoms with Gasteiger partial charge in [-0.05, 0) is 26.2 Å². The molecule has 1 aromatic rings. The first-order chi connectivity index (χ1) is 9.11. The molecule has 1 atom stereocenters. The monoisotopic (exact) mass is 265 g/mol. The van der Waals surface area contributed by atoms with Crippen LogP contribution in [0.4, 0.5) is 0 Å². The van der Waals surface area contributed by atoms with E-state index in [-0.39, 0.29) is 18.2 Å². The first-order valence-electron chi connectivity index (χ1n) is 6.16. The fraction of sp³-hybridized carbons (Fsp3) is 0.462. The normalized spacial score (nSPS) is 18.8. The van der Waals surface area contributed by atoms with E-state index in [0.717, 1.165) is 5.57 Å². The fourth-order valence-electron chi connectivity index (χ4n) is 1.97. The molecule has 0 aromatic carbocycles. The minimum atomic E-state index is -0.782. The summed E-state index contributed by atoms with van der Waals surface area (Å²) in [5.41, 5.74) is 0.978. The maximum atomic E-state index is 11.4. The number of carboxylic acids is 1. The second-order valence-corrected chi connectivity index (χ2v) is 4.30. The zero-order valence-electron chi connectivity index (χ0n) is 10.6. The number of esters is 1. The van der Waals surface area contributed by atoms with Gasteiger partial charge in [-0.15, -0.1) is 0 Å². The van der Waals surface area contributed by atoms with E-state index < -0.39 is 11.9 Å². The standard InChI is InChI=1S/C13H15NO5/c1-2-18-13(17)10-7-19-11(14-10)8-3-5-9(6-4-8)12(15)16/h3,7,9H,2,4-6H2,1H3,(H,15,16). The molecule has 1 N–H and O–H groups in total. The van der Waals surface area contributed by atoms with Crippen molar-refractivity contribution in [2.24, 2.45) is 5.92 Å². The Hall–Kier alpha value is -2.11. The van der Waals surface area contributed by atoms with Gasteiger partial charge in [-0.3, -0.25) is 4.79 Å². The molecule has 1 aliphatic rings. The van der Waals surface area contributed by atoms with E-state index in [2.05, 4.69) is 4.98 Å². The Morgan fingerprint density at radius 1 is 1.58 bits per heavy atom. The van der Waals surface area contributed by atoms with Gasteiger partial charge in [-0.25, -0.2) is 9.78 Å². The third-order valence-corrected chi connectivity index (χ3v) is 3.02. The van der Waals surface area contributed by atoms with Crippen molar-refractivity contribution in [3.8, 4) is 0 Å². The molecule has 1 aliphatic carbocycles. The van der Waals surface area contributed by atoms with Gasteiger partial charge in [-0.2, -0.15) is 0 Å². The third kappa shape index (κ3) is 3.01. The van der Waals surface area contributed by atoms with Gasteiger partial charge in [0.2, 0.25) is 5.89 Å². The minimum Gasteiger partial charge on any atom is -0.481 e. The van der Waals surface area contributed by atoms with Crippen molar-refractivity contribution < 1.29 is 23.8 Å². The van der Waals surface area contributed by atoms with Gasteiger partial charge < -0.3 is 14.3 Å². The fourth-order valence-corrected chi connectivity index (χ4v) is 1.97. The van der Waals surface area contributed by atoms with Gasteiger partial charge in [-0.1, -0.05) is 6.08 Å². The molecule has 1 unspecified atom stereocenters. The van der Waals surface area contributed by atoms with Crippen LogP contribution in [0.15, 0.2) is 16.8 Å². The van der Waals surface area contributed by atoms with E-state index in [1.807, 2.05) is 6.08 Å². The van der Waals surface area contributed by atoms with Gasteiger partial charge in [0.05, 0.1) is 12.5 Å². The summed E-state index contributed by atoms with van der Waals surface area (Å²) >= 11 is 0. The molecule has 0 saturated carbocycles. The van der Waals surface area contributed by atoms with Crippen LogP contribution in [0.25, 0.3) is 5.57 Å². The maximum Gasteiger partial charge on any atom is 0.360 e. The molecular formula is C13H15NO5. The van der Waals surface area contributed by atoms with Crippen LogP contribution in [0.2, 0.25) is 0 Å².